The van der Waals surface area contributed by atoms with Crippen molar-refractivity contribution in [3.63, 3.8) is 0 Å². The number of fused-ring (bicyclic) bond motifs is 2. The van der Waals surface area contributed by atoms with Crippen molar-refractivity contribution in [1.29, 1.82) is 0 Å². The van der Waals surface area contributed by atoms with Gasteiger partial charge in [-0.2, -0.15) is 0 Å². The van der Waals surface area contributed by atoms with Gasteiger partial charge in [0.1, 0.15) is 10.6 Å². The van der Waals surface area contributed by atoms with E-state index in [-0.39, 0.29) is 16.0 Å². The first-order chi connectivity index (χ1) is 14.0. The molecular formula is C21H17NO6S2. The average molecular weight is 444 g/mol. The Bertz CT molecular complexity index is 1470. The molecule has 0 amide bonds. The van der Waals surface area contributed by atoms with Crippen molar-refractivity contribution in [3.8, 4) is 0 Å². The highest BCUT2D eigenvalue weighted by Crippen LogP contribution is 2.35. The molecule has 0 spiro atoms. The van der Waals surface area contributed by atoms with Crippen LogP contribution < -0.4 is 0 Å². The third-order valence-electron chi connectivity index (χ3n) is 5.04. The molecule has 0 bridgehead atoms. The molecule has 0 aromatic heterocycles. The molecule has 0 unspecified atom stereocenters. The number of nitrogens with zero attached hydrogens (tertiary/aromatic N) is 1. The number of Topliss-reactive ketones (excluding diaryl/α,β-unsaturated/α-hetero) is 1. The lowest BCUT2D eigenvalue weighted by Crippen LogP contribution is -2.37. The summed E-state index contributed by atoms with van der Waals surface area (Å²) in [4.78, 5) is 12.5. The van der Waals surface area contributed by atoms with Gasteiger partial charge in [0.15, 0.2) is 15.6 Å². The first-order valence-electron chi connectivity index (χ1n) is 8.82. The van der Waals surface area contributed by atoms with Crippen LogP contribution >= 0.6 is 0 Å². The predicted molar refractivity (Wildman–Crippen MR) is 112 cm³/mol. The van der Waals surface area contributed by atoms with Gasteiger partial charge >= 0.3 is 0 Å². The second-order valence-corrected chi connectivity index (χ2v) is 10.9. The van der Waals surface area contributed by atoms with Crippen molar-refractivity contribution in [1.82, 2.24) is 4.31 Å². The fourth-order valence-corrected chi connectivity index (χ4v) is 5.54. The molecule has 154 valence electrons. The van der Waals surface area contributed by atoms with Crippen molar-refractivity contribution < 1.29 is 26.7 Å². The summed E-state index contributed by atoms with van der Waals surface area (Å²) in [6.07, 6.45) is 0.951. The van der Waals surface area contributed by atoms with Crippen molar-refractivity contribution in [2.45, 2.75) is 9.79 Å². The number of carbonyl (C=O) groups excluding carboxylic acids is 1. The lowest BCUT2D eigenvalue weighted by atomic mass is 10.0. The molecule has 0 saturated carbocycles. The number of ketones is 1. The lowest BCUT2D eigenvalue weighted by molar-refractivity contribution is 0.100. The summed E-state index contributed by atoms with van der Waals surface area (Å²) in [5.41, 5.74) is -0.303. The zero-order valence-corrected chi connectivity index (χ0v) is 17.7. The van der Waals surface area contributed by atoms with Crippen LogP contribution in [-0.2, 0) is 19.9 Å². The van der Waals surface area contributed by atoms with Crippen LogP contribution in [0.3, 0.4) is 0 Å². The number of allylic oxidation sites excluding steroid dienone is 1. The van der Waals surface area contributed by atoms with E-state index >= 15 is 0 Å². The highest BCUT2D eigenvalue weighted by Gasteiger charge is 2.40. The summed E-state index contributed by atoms with van der Waals surface area (Å²) in [6, 6.07) is 15.7. The van der Waals surface area contributed by atoms with E-state index in [0.717, 1.165) is 36.2 Å². The Morgan fingerprint density at radius 3 is 2.30 bits per heavy atom. The standard InChI is InChI=1S/C21H17NO6S2/c1-22-19(20(23)15-8-7-13-5-3-4-6-14(13)11-15)21(24)17-10-9-16(29(2,25)26)12-18(17)30(22,27)28/h3-12,23H,1-2H3/b20-19+. The number of likely N-dealkylation sites (N-methyl/N-ethyl adjacent to an activating group) is 1. The molecule has 30 heavy (non-hydrogen) atoms. The van der Waals surface area contributed by atoms with E-state index in [9.17, 15) is 26.7 Å². The third-order valence-corrected chi connectivity index (χ3v) is 7.95. The molecule has 1 aliphatic heterocycles. The van der Waals surface area contributed by atoms with Gasteiger partial charge in [-0.25, -0.2) is 16.8 Å². The zero-order chi connectivity index (χ0) is 21.8. The molecule has 3 aromatic rings. The van der Waals surface area contributed by atoms with Crippen LogP contribution in [0.5, 0.6) is 0 Å². The van der Waals surface area contributed by atoms with Gasteiger partial charge in [0.25, 0.3) is 10.0 Å². The number of aliphatic hydroxyl groups is 1. The molecule has 9 heteroatoms. The van der Waals surface area contributed by atoms with E-state index in [1.165, 1.54) is 6.07 Å². The van der Waals surface area contributed by atoms with Crippen LogP contribution in [0.1, 0.15) is 15.9 Å². The minimum absolute atomic E-state index is 0.192. The fourth-order valence-electron chi connectivity index (χ4n) is 3.40. The summed E-state index contributed by atoms with van der Waals surface area (Å²) in [5.74, 6) is -1.19. The molecule has 0 aliphatic carbocycles. The third kappa shape index (κ3) is 3.06. The maximum Gasteiger partial charge on any atom is 0.265 e. The smallest absolute Gasteiger partial charge is 0.265 e. The van der Waals surface area contributed by atoms with Gasteiger partial charge in [0.05, 0.1) is 4.90 Å². The number of sulfonamides is 1. The minimum Gasteiger partial charge on any atom is -0.505 e. The number of sulfone groups is 1. The Balaban J connectivity index is 1.95. The maximum absolute atomic E-state index is 13.1. The van der Waals surface area contributed by atoms with Crippen LogP contribution in [0, 0.1) is 0 Å². The SMILES string of the molecule is CN1/C(=C(/O)c2ccc3ccccc3c2)C(=O)c2ccc(S(C)(=O)=O)cc2S1(=O)=O. The number of aliphatic hydroxyl groups excluding tert-OH is 1. The maximum atomic E-state index is 13.1. The monoisotopic (exact) mass is 443 g/mol. The van der Waals surface area contributed by atoms with Crippen LogP contribution in [0.15, 0.2) is 76.2 Å². The molecule has 4 rings (SSSR count). The summed E-state index contributed by atoms with van der Waals surface area (Å²) in [6.45, 7) is 0. The van der Waals surface area contributed by atoms with Gasteiger partial charge < -0.3 is 5.11 Å². The molecule has 1 heterocycles. The lowest BCUT2D eigenvalue weighted by Gasteiger charge is -2.29. The van der Waals surface area contributed by atoms with Crippen molar-refractivity contribution in [2.75, 3.05) is 13.3 Å². The van der Waals surface area contributed by atoms with E-state index in [2.05, 4.69) is 0 Å². The van der Waals surface area contributed by atoms with E-state index < -0.39 is 42.0 Å². The largest absolute Gasteiger partial charge is 0.505 e. The van der Waals surface area contributed by atoms with E-state index in [4.69, 9.17) is 0 Å². The van der Waals surface area contributed by atoms with Crippen LogP contribution in [0.2, 0.25) is 0 Å². The zero-order valence-electron chi connectivity index (χ0n) is 16.0. The van der Waals surface area contributed by atoms with Crippen LogP contribution in [0.25, 0.3) is 16.5 Å². The number of hydrogen-bond donors (Lipinski definition) is 1. The van der Waals surface area contributed by atoms with Crippen molar-refractivity contribution in [2.24, 2.45) is 0 Å². The van der Waals surface area contributed by atoms with Crippen molar-refractivity contribution in [3.05, 3.63) is 77.5 Å². The second-order valence-electron chi connectivity index (χ2n) is 6.99. The Hall–Kier alpha value is -3.17. The van der Waals surface area contributed by atoms with Gasteiger partial charge in [0.2, 0.25) is 5.78 Å². The van der Waals surface area contributed by atoms with Crippen LogP contribution in [-0.4, -0.2) is 45.3 Å². The van der Waals surface area contributed by atoms with Gasteiger partial charge in [-0.1, -0.05) is 36.4 Å². The number of benzene rings is 3. The topological polar surface area (TPSA) is 109 Å². The molecule has 3 aromatic carbocycles. The summed E-state index contributed by atoms with van der Waals surface area (Å²) < 4.78 is 50.4. The Morgan fingerprint density at radius 2 is 1.63 bits per heavy atom. The van der Waals surface area contributed by atoms with E-state index in [1.54, 1.807) is 18.2 Å². The van der Waals surface area contributed by atoms with Crippen LogP contribution in [0.4, 0.5) is 0 Å². The van der Waals surface area contributed by atoms with E-state index in [0.29, 0.717) is 4.31 Å². The first-order valence-corrected chi connectivity index (χ1v) is 12.1. The number of rotatable bonds is 2. The van der Waals surface area contributed by atoms with E-state index in [1.807, 2.05) is 24.3 Å². The molecule has 0 atom stereocenters. The number of carbonyl (C=O) groups is 1. The molecule has 0 radical (unpaired) electrons. The Morgan fingerprint density at radius 1 is 0.967 bits per heavy atom. The van der Waals surface area contributed by atoms with Gasteiger partial charge in [-0.15, -0.1) is 0 Å². The second kappa shape index (κ2) is 6.68. The highest BCUT2D eigenvalue weighted by molar-refractivity contribution is 7.91. The normalized spacial score (nSPS) is 17.7. The molecule has 0 saturated heterocycles. The minimum atomic E-state index is -4.25. The molecule has 1 aliphatic rings. The molecular weight excluding hydrogens is 426 g/mol. The first kappa shape index (κ1) is 20.1. The molecule has 7 nitrogen and oxygen atoms in total. The fraction of sp³-hybridized carbons (Fsp3) is 0.0952. The molecule has 1 N–H and O–H groups in total. The quantitative estimate of drug-likeness (QED) is 0.482. The predicted octanol–water partition coefficient (Wildman–Crippen LogP) is 2.99. The summed E-state index contributed by atoms with van der Waals surface area (Å²) in [7, 11) is -6.77. The average Bonchev–Trinajstić information content (AvgIpc) is 2.71. The molecule has 0 fully saturated rings. The van der Waals surface area contributed by atoms with Gasteiger partial charge in [-0.3, -0.25) is 9.10 Å². The van der Waals surface area contributed by atoms with Gasteiger partial charge in [-0.05, 0) is 35.0 Å². The Kier molecular flexibility index (Phi) is 4.48. The highest BCUT2D eigenvalue weighted by atomic mass is 32.2. The van der Waals surface area contributed by atoms with Crippen molar-refractivity contribution >= 4 is 42.2 Å². The number of hydrogen-bond acceptors (Lipinski definition) is 6. The summed E-state index contributed by atoms with van der Waals surface area (Å²) in [5, 5.41) is 12.6. The Labute approximate surface area is 173 Å². The van der Waals surface area contributed by atoms with Gasteiger partial charge in [0, 0.05) is 24.4 Å². The summed E-state index contributed by atoms with van der Waals surface area (Å²) >= 11 is 0.